The smallest absolute Gasteiger partial charge is 0.226 e. The highest BCUT2D eigenvalue weighted by molar-refractivity contribution is 6.34. The maximum absolute atomic E-state index is 12.0. The van der Waals surface area contributed by atoms with Gasteiger partial charge >= 0.3 is 0 Å². The van der Waals surface area contributed by atoms with Crippen LogP contribution < -0.4 is 20.1 Å². The summed E-state index contributed by atoms with van der Waals surface area (Å²) < 4.78 is 10.9. The van der Waals surface area contributed by atoms with E-state index in [4.69, 9.17) is 21.1 Å². The highest BCUT2D eigenvalue weighted by atomic mass is 35.5. The van der Waals surface area contributed by atoms with Crippen LogP contribution in [0.15, 0.2) is 12.1 Å². The average molecular weight is 353 g/mol. The van der Waals surface area contributed by atoms with Gasteiger partial charge in [-0.15, -0.1) is 0 Å². The summed E-state index contributed by atoms with van der Waals surface area (Å²) in [6.07, 6.45) is 4.32. The fourth-order valence-electron chi connectivity index (χ4n) is 3.00. The fraction of sp³-hybridized carbons (Fsp3) is 0.529. The first kappa shape index (κ1) is 16.9. The Balaban J connectivity index is 1.48. The second-order valence-corrected chi connectivity index (χ2v) is 6.45. The molecule has 1 aromatic rings. The average Bonchev–Trinajstić information content (AvgIpc) is 3.10. The van der Waals surface area contributed by atoms with Gasteiger partial charge in [0.1, 0.15) is 13.2 Å². The largest absolute Gasteiger partial charge is 0.486 e. The van der Waals surface area contributed by atoms with Crippen molar-refractivity contribution in [2.75, 3.05) is 25.1 Å². The minimum absolute atomic E-state index is 0.0534. The van der Waals surface area contributed by atoms with Crippen molar-refractivity contribution < 1.29 is 19.1 Å². The Morgan fingerprint density at radius 3 is 2.50 bits per heavy atom. The third-order valence-electron chi connectivity index (χ3n) is 4.28. The first-order valence-corrected chi connectivity index (χ1v) is 8.68. The number of rotatable bonds is 5. The minimum Gasteiger partial charge on any atom is -0.486 e. The van der Waals surface area contributed by atoms with E-state index >= 15 is 0 Å². The molecule has 0 atom stereocenters. The van der Waals surface area contributed by atoms with Crippen molar-refractivity contribution in [2.45, 2.75) is 32.1 Å². The number of carbonyl (C=O) groups excluding carboxylic acids is 2. The van der Waals surface area contributed by atoms with Crippen molar-refractivity contribution >= 4 is 29.1 Å². The molecule has 0 aromatic heterocycles. The molecule has 1 aromatic carbocycles. The van der Waals surface area contributed by atoms with E-state index in [0.29, 0.717) is 42.0 Å². The number of amides is 2. The predicted octanol–water partition coefficient (Wildman–Crippen LogP) is 2.75. The molecule has 2 aliphatic rings. The van der Waals surface area contributed by atoms with Crippen molar-refractivity contribution in [1.29, 1.82) is 0 Å². The molecule has 1 fully saturated rings. The lowest BCUT2D eigenvalue weighted by molar-refractivity contribution is -0.124. The van der Waals surface area contributed by atoms with E-state index < -0.39 is 0 Å². The van der Waals surface area contributed by atoms with Gasteiger partial charge in [-0.3, -0.25) is 9.59 Å². The van der Waals surface area contributed by atoms with E-state index in [-0.39, 0.29) is 24.2 Å². The van der Waals surface area contributed by atoms with Gasteiger partial charge in [-0.2, -0.15) is 0 Å². The highest BCUT2D eigenvalue weighted by Crippen LogP contribution is 2.37. The van der Waals surface area contributed by atoms with Gasteiger partial charge in [-0.1, -0.05) is 24.4 Å². The minimum atomic E-state index is -0.208. The number of halogens is 1. The zero-order valence-electron chi connectivity index (χ0n) is 13.4. The van der Waals surface area contributed by atoms with E-state index in [0.717, 1.165) is 25.7 Å². The van der Waals surface area contributed by atoms with Crippen molar-refractivity contribution in [1.82, 2.24) is 5.32 Å². The molecule has 3 rings (SSSR count). The summed E-state index contributed by atoms with van der Waals surface area (Å²) in [5.74, 6) is 1.10. The normalized spacial score (nSPS) is 16.7. The van der Waals surface area contributed by atoms with Crippen LogP contribution >= 0.6 is 11.6 Å². The van der Waals surface area contributed by atoms with Crippen LogP contribution in [0.4, 0.5) is 5.69 Å². The van der Waals surface area contributed by atoms with Gasteiger partial charge in [-0.05, 0) is 12.8 Å². The van der Waals surface area contributed by atoms with E-state index in [1.54, 1.807) is 12.1 Å². The lowest BCUT2D eigenvalue weighted by Crippen LogP contribution is -2.32. The van der Waals surface area contributed by atoms with Gasteiger partial charge in [-0.25, -0.2) is 0 Å². The third-order valence-corrected chi connectivity index (χ3v) is 4.60. The maximum Gasteiger partial charge on any atom is 0.226 e. The lowest BCUT2D eigenvalue weighted by Gasteiger charge is -2.20. The number of fused-ring (bicyclic) bond motifs is 1. The molecule has 24 heavy (non-hydrogen) atoms. The third kappa shape index (κ3) is 4.12. The van der Waals surface area contributed by atoms with Crippen molar-refractivity contribution in [3.63, 3.8) is 0 Å². The Bertz CT molecular complexity index is 629. The second-order valence-electron chi connectivity index (χ2n) is 6.05. The molecule has 2 N–H and O–H groups in total. The van der Waals surface area contributed by atoms with Crippen molar-refractivity contribution in [3.05, 3.63) is 17.2 Å². The van der Waals surface area contributed by atoms with Gasteiger partial charge in [0.25, 0.3) is 0 Å². The van der Waals surface area contributed by atoms with Crippen LogP contribution in [0.5, 0.6) is 11.5 Å². The van der Waals surface area contributed by atoms with Crippen molar-refractivity contribution in [3.8, 4) is 11.5 Å². The molecular formula is C17H21ClN2O4. The zero-order valence-corrected chi connectivity index (χ0v) is 14.2. The van der Waals surface area contributed by atoms with Crippen LogP contribution in [0.1, 0.15) is 32.1 Å². The molecule has 0 radical (unpaired) electrons. The molecule has 130 valence electrons. The van der Waals surface area contributed by atoms with Gasteiger partial charge in [0.05, 0.1) is 10.7 Å². The highest BCUT2D eigenvalue weighted by Gasteiger charge is 2.22. The molecule has 1 aliphatic heterocycles. The molecule has 6 nitrogen and oxygen atoms in total. The van der Waals surface area contributed by atoms with E-state index in [1.165, 1.54) is 0 Å². The van der Waals surface area contributed by atoms with Crippen molar-refractivity contribution in [2.24, 2.45) is 5.92 Å². The van der Waals surface area contributed by atoms with Gasteiger partial charge < -0.3 is 20.1 Å². The second kappa shape index (κ2) is 7.75. The summed E-state index contributed by atoms with van der Waals surface area (Å²) in [7, 11) is 0. The Hall–Kier alpha value is -1.95. The van der Waals surface area contributed by atoms with E-state index in [2.05, 4.69) is 10.6 Å². The van der Waals surface area contributed by atoms with Crippen LogP contribution in [-0.2, 0) is 9.59 Å². The molecule has 7 heteroatoms. The van der Waals surface area contributed by atoms with Crippen LogP contribution in [-0.4, -0.2) is 31.6 Å². The number of hydrogen-bond donors (Lipinski definition) is 2. The first-order chi connectivity index (χ1) is 11.6. The van der Waals surface area contributed by atoms with Gasteiger partial charge in [0.2, 0.25) is 11.8 Å². The molecule has 0 unspecified atom stereocenters. The summed E-state index contributed by atoms with van der Waals surface area (Å²) in [5, 5.41) is 5.97. The molecule has 1 heterocycles. The molecule has 0 saturated heterocycles. The number of nitrogens with one attached hydrogen (secondary N) is 2. The molecule has 0 spiro atoms. The van der Waals surface area contributed by atoms with Gasteiger partial charge in [0.15, 0.2) is 11.5 Å². The number of carbonyl (C=O) groups is 2. The van der Waals surface area contributed by atoms with Crippen LogP contribution in [0.25, 0.3) is 0 Å². The number of ether oxygens (including phenoxy) is 2. The number of hydrogen-bond acceptors (Lipinski definition) is 4. The maximum atomic E-state index is 12.0. The molecule has 1 saturated carbocycles. The van der Waals surface area contributed by atoms with Crippen LogP contribution in [0, 0.1) is 5.92 Å². The fourth-order valence-corrected chi connectivity index (χ4v) is 3.20. The van der Waals surface area contributed by atoms with E-state index in [1.807, 2.05) is 0 Å². The molecule has 2 amide bonds. The van der Waals surface area contributed by atoms with Crippen LogP contribution in [0.3, 0.4) is 0 Å². The summed E-state index contributed by atoms with van der Waals surface area (Å²) in [6.45, 7) is 1.27. The zero-order chi connectivity index (χ0) is 16.9. The topological polar surface area (TPSA) is 76.7 Å². The first-order valence-electron chi connectivity index (χ1n) is 8.30. The number of benzene rings is 1. The molecular weight excluding hydrogens is 332 g/mol. The van der Waals surface area contributed by atoms with E-state index in [9.17, 15) is 9.59 Å². The quantitative estimate of drug-likeness (QED) is 0.854. The summed E-state index contributed by atoms with van der Waals surface area (Å²) in [4.78, 5) is 23.9. The molecule has 1 aliphatic carbocycles. The summed E-state index contributed by atoms with van der Waals surface area (Å²) >= 11 is 6.16. The Morgan fingerprint density at radius 2 is 1.79 bits per heavy atom. The standard InChI is InChI=1S/C17H21ClN2O4/c18-12-9-14-15(24-8-7-23-14)10-13(12)20-16(21)5-6-19-17(22)11-3-1-2-4-11/h9-11H,1-8H2,(H,19,22)(H,20,21). The van der Waals surface area contributed by atoms with Gasteiger partial charge in [0, 0.05) is 31.0 Å². The Labute approximate surface area is 145 Å². The monoisotopic (exact) mass is 352 g/mol. The SMILES string of the molecule is O=C(CCNC(=O)C1CCCC1)Nc1cc2c(cc1Cl)OCCO2. The molecule has 0 bridgehead atoms. The Morgan fingerprint density at radius 1 is 1.12 bits per heavy atom. The lowest BCUT2D eigenvalue weighted by atomic mass is 10.1. The summed E-state index contributed by atoms with van der Waals surface area (Å²) in [5.41, 5.74) is 0.480. The predicted molar refractivity (Wildman–Crippen MR) is 90.7 cm³/mol. The van der Waals surface area contributed by atoms with Crippen LogP contribution in [0.2, 0.25) is 5.02 Å². The summed E-state index contributed by atoms with van der Waals surface area (Å²) in [6, 6.07) is 3.29. The number of anilines is 1. The Kier molecular flexibility index (Phi) is 5.45.